The number of ether oxygens (including phenoxy) is 2. The Hall–Kier alpha value is -2.27. The van der Waals surface area contributed by atoms with Crippen LogP contribution in [-0.4, -0.2) is 12.1 Å². The van der Waals surface area contributed by atoms with E-state index in [9.17, 15) is 0 Å². The lowest BCUT2D eigenvalue weighted by molar-refractivity contribution is 0.306. The van der Waals surface area contributed by atoms with Gasteiger partial charge < -0.3 is 14.9 Å². The van der Waals surface area contributed by atoms with Gasteiger partial charge in [-0.05, 0) is 29.8 Å². The second-order valence-corrected chi connectivity index (χ2v) is 3.63. The Morgan fingerprint density at radius 3 is 2.67 bits per heavy atom. The molecule has 3 N–H and O–H groups in total. The van der Waals surface area contributed by atoms with Gasteiger partial charge in [0.1, 0.15) is 12.4 Å². The van der Waals surface area contributed by atoms with Crippen molar-refractivity contribution in [3.63, 3.8) is 0 Å². The van der Waals surface area contributed by atoms with Gasteiger partial charge in [-0.3, -0.25) is 0 Å². The summed E-state index contributed by atoms with van der Waals surface area (Å²) >= 11 is 0. The third-order valence-electron chi connectivity index (χ3n) is 2.46. The molecule has 0 spiro atoms. The SMILES string of the molecule is COc1ccc(COc2cccnc2NN)cc1. The first-order chi connectivity index (χ1) is 8.83. The van der Waals surface area contributed by atoms with Crippen molar-refractivity contribution in [2.75, 3.05) is 12.5 Å². The van der Waals surface area contributed by atoms with Gasteiger partial charge in [0.15, 0.2) is 11.6 Å². The van der Waals surface area contributed by atoms with Crippen LogP contribution in [0.1, 0.15) is 5.56 Å². The van der Waals surface area contributed by atoms with Gasteiger partial charge in [-0.1, -0.05) is 12.1 Å². The van der Waals surface area contributed by atoms with E-state index >= 15 is 0 Å². The number of hydrogen-bond donors (Lipinski definition) is 2. The first-order valence-corrected chi connectivity index (χ1v) is 5.51. The predicted molar refractivity (Wildman–Crippen MR) is 69.4 cm³/mol. The number of hydrogen-bond acceptors (Lipinski definition) is 5. The summed E-state index contributed by atoms with van der Waals surface area (Å²) < 4.78 is 10.7. The highest BCUT2D eigenvalue weighted by Crippen LogP contribution is 2.21. The van der Waals surface area contributed by atoms with Crippen molar-refractivity contribution >= 4 is 5.82 Å². The van der Waals surface area contributed by atoms with Crippen LogP contribution in [0.5, 0.6) is 11.5 Å². The maximum atomic E-state index is 5.64. The molecule has 2 rings (SSSR count). The topological polar surface area (TPSA) is 69.4 Å². The fourth-order valence-corrected chi connectivity index (χ4v) is 1.50. The van der Waals surface area contributed by atoms with E-state index in [2.05, 4.69) is 10.4 Å². The number of methoxy groups -OCH3 is 1. The lowest BCUT2D eigenvalue weighted by Gasteiger charge is -2.10. The molecule has 0 saturated carbocycles. The molecule has 0 fully saturated rings. The first-order valence-electron chi connectivity index (χ1n) is 5.51. The quantitative estimate of drug-likeness (QED) is 0.622. The Kier molecular flexibility index (Phi) is 3.98. The van der Waals surface area contributed by atoms with E-state index in [4.69, 9.17) is 15.3 Å². The molecule has 5 nitrogen and oxygen atoms in total. The molecule has 0 aliphatic rings. The van der Waals surface area contributed by atoms with Crippen LogP contribution >= 0.6 is 0 Å². The highest BCUT2D eigenvalue weighted by atomic mass is 16.5. The molecular formula is C13H15N3O2. The summed E-state index contributed by atoms with van der Waals surface area (Å²) in [7, 11) is 1.64. The van der Waals surface area contributed by atoms with Crippen molar-refractivity contribution in [3.05, 3.63) is 48.2 Å². The summed E-state index contributed by atoms with van der Waals surface area (Å²) in [6.45, 7) is 0.449. The zero-order chi connectivity index (χ0) is 12.8. The molecule has 5 heteroatoms. The van der Waals surface area contributed by atoms with Crippen molar-refractivity contribution in [2.45, 2.75) is 6.61 Å². The zero-order valence-corrected chi connectivity index (χ0v) is 10.1. The number of nitrogen functional groups attached to an aromatic ring is 1. The van der Waals surface area contributed by atoms with Gasteiger partial charge in [-0.2, -0.15) is 0 Å². The summed E-state index contributed by atoms with van der Waals surface area (Å²) in [5, 5.41) is 0. The standard InChI is InChI=1S/C13H15N3O2/c1-17-11-6-4-10(5-7-11)9-18-12-3-2-8-15-13(12)16-14/h2-8H,9,14H2,1H3,(H,15,16). The van der Waals surface area contributed by atoms with Crippen LogP contribution in [0.15, 0.2) is 42.6 Å². The van der Waals surface area contributed by atoms with Crippen LogP contribution in [-0.2, 0) is 6.61 Å². The Balaban J connectivity index is 2.02. The van der Waals surface area contributed by atoms with Gasteiger partial charge in [0.2, 0.25) is 0 Å². The monoisotopic (exact) mass is 245 g/mol. The number of benzene rings is 1. The van der Waals surface area contributed by atoms with Crippen molar-refractivity contribution in [2.24, 2.45) is 5.84 Å². The summed E-state index contributed by atoms with van der Waals surface area (Å²) in [5.74, 6) is 7.31. The maximum absolute atomic E-state index is 5.64. The van der Waals surface area contributed by atoms with Gasteiger partial charge in [-0.15, -0.1) is 0 Å². The van der Waals surface area contributed by atoms with Crippen LogP contribution in [0.4, 0.5) is 5.82 Å². The molecule has 2 aromatic rings. The largest absolute Gasteiger partial charge is 0.497 e. The molecular weight excluding hydrogens is 230 g/mol. The third kappa shape index (κ3) is 2.89. The maximum Gasteiger partial charge on any atom is 0.182 e. The second-order valence-electron chi connectivity index (χ2n) is 3.63. The molecule has 0 aliphatic heterocycles. The normalized spacial score (nSPS) is 9.89. The van der Waals surface area contributed by atoms with Crippen molar-refractivity contribution in [1.82, 2.24) is 4.98 Å². The number of anilines is 1. The average Bonchev–Trinajstić information content (AvgIpc) is 2.46. The zero-order valence-electron chi connectivity index (χ0n) is 10.1. The highest BCUT2D eigenvalue weighted by molar-refractivity contribution is 5.48. The summed E-state index contributed by atoms with van der Waals surface area (Å²) in [6.07, 6.45) is 1.65. The van der Waals surface area contributed by atoms with E-state index in [-0.39, 0.29) is 0 Å². The number of nitrogens with two attached hydrogens (primary N) is 1. The molecule has 1 heterocycles. The number of hydrazine groups is 1. The van der Waals surface area contributed by atoms with E-state index in [0.29, 0.717) is 18.2 Å². The Morgan fingerprint density at radius 2 is 2.00 bits per heavy atom. The van der Waals surface area contributed by atoms with Gasteiger partial charge in [-0.25, -0.2) is 10.8 Å². The Bertz CT molecular complexity index is 500. The van der Waals surface area contributed by atoms with Crippen LogP contribution in [0.2, 0.25) is 0 Å². The van der Waals surface area contributed by atoms with E-state index in [1.165, 1.54) is 0 Å². The van der Waals surface area contributed by atoms with Crippen LogP contribution in [0.3, 0.4) is 0 Å². The van der Waals surface area contributed by atoms with Crippen LogP contribution in [0.25, 0.3) is 0 Å². The van der Waals surface area contributed by atoms with Crippen molar-refractivity contribution in [1.29, 1.82) is 0 Å². The van der Waals surface area contributed by atoms with Gasteiger partial charge >= 0.3 is 0 Å². The molecule has 0 saturated heterocycles. The highest BCUT2D eigenvalue weighted by Gasteiger charge is 2.03. The minimum Gasteiger partial charge on any atom is -0.497 e. The molecule has 0 amide bonds. The van der Waals surface area contributed by atoms with Crippen molar-refractivity contribution < 1.29 is 9.47 Å². The Morgan fingerprint density at radius 1 is 1.22 bits per heavy atom. The van der Waals surface area contributed by atoms with Crippen LogP contribution < -0.4 is 20.7 Å². The van der Waals surface area contributed by atoms with E-state index in [0.717, 1.165) is 11.3 Å². The molecule has 1 aromatic carbocycles. The summed E-state index contributed by atoms with van der Waals surface area (Å²) in [6, 6.07) is 11.3. The second kappa shape index (κ2) is 5.88. The molecule has 0 unspecified atom stereocenters. The van der Waals surface area contributed by atoms with E-state index < -0.39 is 0 Å². The molecule has 0 bridgehead atoms. The Labute approximate surface area is 106 Å². The number of nitrogens with zero attached hydrogens (tertiary/aromatic N) is 1. The molecule has 18 heavy (non-hydrogen) atoms. The fourth-order valence-electron chi connectivity index (χ4n) is 1.50. The molecule has 0 atom stereocenters. The molecule has 94 valence electrons. The smallest absolute Gasteiger partial charge is 0.182 e. The molecule has 1 aromatic heterocycles. The van der Waals surface area contributed by atoms with Crippen LogP contribution in [0, 0.1) is 0 Å². The lowest BCUT2D eigenvalue weighted by atomic mass is 10.2. The fraction of sp³-hybridized carbons (Fsp3) is 0.154. The van der Waals surface area contributed by atoms with E-state index in [1.54, 1.807) is 19.4 Å². The van der Waals surface area contributed by atoms with Gasteiger partial charge in [0, 0.05) is 6.20 Å². The minimum absolute atomic E-state index is 0.449. The number of rotatable bonds is 5. The predicted octanol–water partition coefficient (Wildman–Crippen LogP) is 1.95. The van der Waals surface area contributed by atoms with Gasteiger partial charge in [0.25, 0.3) is 0 Å². The summed E-state index contributed by atoms with van der Waals surface area (Å²) in [4.78, 5) is 4.06. The third-order valence-corrected chi connectivity index (χ3v) is 2.46. The molecule has 0 aliphatic carbocycles. The number of pyridine rings is 1. The first kappa shape index (κ1) is 12.2. The van der Waals surface area contributed by atoms with Gasteiger partial charge in [0.05, 0.1) is 7.11 Å². The molecule has 0 radical (unpaired) electrons. The van der Waals surface area contributed by atoms with Crippen molar-refractivity contribution in [3.8, 4) is 11.5 Å². The van der Waals surface area contributed by atoms with E-state index in [1.807, 2.05) is 30.3 Å². The number of aromatic nitrogens is 1. The average molecular weight is 245 g/mol. The minimum atomic E-state index is 0.449. The lowest BCUT2D eigenvalue weighted by Crippen LogP contribution is -2.10. The summed E-state index contributed by atoms with van der Waals surface area (Å²) in [5.41, 5.74) is 3.54. The number of nitrogens with one attached hydrogen (secondary N) is 1.